The van der Waals surface area contributed by atoms with Crippen molar-refractivity contribution in [3.8, 4) is 5.69 Å². The van der Waals surface area contributed by atoms with Crippen LogP contribution in [0.4, 0.5) is 5.69 Å². The van der Waals surface area contributed by atoms with E-state index in [0.717, 1.165) is 17.1 Å². The molecule has 3 aromatic rings. The van der Waals surface area contributed by atoms with Crippen molar-refractivity contribution in [3.05, 3.63) is 76.1 Å². The van der Waals surface area contributed by atoms with Crippen molar-refractivity contribution < 1.29 is 9.59 Å². The number of carbonyl (C=O) groups is 2. The van der Waals surface area contributed by atoms with Crippen molar-refractivity contribution >= 4 is 29.1 Å². The van der Waals surface area contributed by atoms with Gasteiger partial charge >= 0.3 is 0 Å². The number of amides is 2. The Labute approximate surface area is 155 Å². The Morgan fingerprint density at radius 1 is 1.00 bits per heavy atom. The quantitative estimate of drug-likeness (QED) is 0.738. The van der Waals surface area contributed by atoms with E-state index in [2.05, 4.69) is 10.4 Å². The zero-order valence-corrected chi connectivity index (χ0v) is 15.0. The van der Waals surface area contributed by atoms with E-state index in [-0.39, 0.29) is 5.91 Å². The van der Waals surface area contributed by atoms with E-state index in [1.165, 1.54) is 0 Å². The number of aryl methyl sites for hydroxylation is 1. The molecule has 1 aromatic heterocycles. The summed E-state index contributed by atoms with van der Waals surface area (Å²) in [5.74, 6) is -0.766. The minimum Gasteiger partial charge on any atom is -0.366 e. The summed E-state index contributed by atoms with van der Waals surface area (Å²) in [7, 11) is 0. The topological polar surface area (TPSA) is 90.0 Å². The van der Waals surface area contributed by atoms with Crippen LogP contribution in [0.3, 0.4) is 0 Å². The number of nitrogens with two attached hydrogens (primary N) is 1. The molecule has 6 nitrogen and oxygen atoms in total. The molecular weight excluding hydrogens is 352 g/mol. The van der Waals surface area contributed by atoms with E-state index < -0.39 is 5.91 Å². The fourth-order valence-electron chi connectivity index (χ4n) is 2.55. The lowest BCUT2D eigenvalue weighted by molar-refractivity contribution is 0.0998. The van der Waals surface area contributed by atoms with Crippen molar-refractivity contribution in [2.75, 3.05) is 5.32 Å². The normalized spacial score (nSPS) is 10.6. The summed E-state index contributed by atoms with van der Waals surface area (Å²) >= 11 is 6.17. The third-order valence-corrected chi connectivity index (χ3v) is 4.55. The van der Waals surface area contributed by atoms with Crippen LogP contribution in [0.25, 0.3) is 5.69 Å². The van der Waals surface area contributed by atoms with Crippen molar-refractivity contribution in [2.24, 2.45) is 5.73 Å². The fourth-order valence-corrected chi connectivity index (χ4v) is 2.67. The predicted octanol–water partition coefficient (Wildman–Crippen LogP) is 3.49. The van der Waals surface area contributed by atoms with Crippen LogP contribution in [0.5, 0.6) is 0 Å². The Hall–Kier alpha value is -3.12. The Bertz CT molecular complexity index is 976. The lowest BCUT2D eigenvalue weighted by Crippen LogP contribution is -2.13. The number of halogens is 1. The molecule has 132 valence electrons. The second kappa shape index (κ2) is 7.01. The number of hydrogen-bond donors (Lipinski definition) is 2. The van der Waals surface area contributed by atoms with Gasteiger partial charge in [0.05, 0.1) is 22.1 Å². The monoisotopic (exact) mass is 368 g/mol. The highest BCUT2D eigenvalue weighted by atomic mass is 35.5. The van der Waals surface area contributed by atoms with Crippen LogP contribution < -0.4 is 11.1 Å². The SMILES string of the molecule is Cc1nn(-c2ccc(C(=O)Nc3ccc(C(N)=O)cc3)cc2)c(C)c1Cl. The number of anilines is 1. The smallest absolute Gasteiger partial charge is 0.255 e. The minimum atomic E-state index is -0.511. The molecule has 0 bridgehead atoms. The summed E-state index contributed by atoms with van der Waals surface area (Å²) in [6, 6.07) is 13.4. The molecule has 0 fully saturated rings. The van der Waals surface area contributed by atoms with E-state index in [0.29, 0.717) is 21.8 Å². The zero-order chi connectivity index (χ0) is 18.8. The summed E-state index contributed by atoms with van der Waals surface area (Å²) in [6.45, 7) is 3.73. The van der Waals surface area contributed by atoms with Crippen LogP contribution in [0.2, 0.25) is 5.02 Å². The maximum atomic E-state index is 12.4. The summed E-state index contributed by atoms with van der Waals surface area (Å²) < 4.78 is 1.74. The van der Waals surface area contributed by atoms with Gasteiger partial charge in [-0.15, -0.1) is 0 Å². The molecule has 0 saturated carbocycles. The van der Waals surface area contributed by atoms with Gasteiger partial charge in [0.15, 0.2) is 0 Å². The average molecular weight is 369 g/mol. The number of nitrogens with one attached hydrogen (secondary N) is 1. The van der Waals surface area contributed by atoms with Gasteiger partial charge in [0.25, 0.3) is 5.91 Å². The number of primary amides is 1. The second-order valence-corrected chi connectivity index (χ2v) is 6.22. The van der Waals surface area contributed by atoms with Crippen LogP contribution in [-0.2, 0) is 0 Å². The van der Waals surface area contributed by atoms with Gasteiger partial charge < -0.3 is 11.1 Å². The van der Waals surface area contributed by atoms with Gasteiger partial charge in [0.2, 0.25) is 5.91 Å². The van der Waals surface area contributed by atoms with Crippen molar-refractivity contribution in [1.82, 2.24) is 9.78 Å². The molecule has 0 spiro atoms. The zero-order valence-electron chi connectivity index (χ0n) is 14.3. The first-order chi connectivity index (χ1) is 12.4. The van der Waals surface area contributed by atoms with Crippen LogP contribution in [0.1, 0.15) is 32.1 Å². The summed E-state index contributed by atoms with van der Waals surface area (Å²) in [5.41, 5.74) is 9.08. The molecule has 2 aromatic carbocycles. The number of benzene rings is 2. The van der Waals surface area contributed by atoms with Gasteiger partial charge in [0.1, 0.15) is 0 Å². The molecule has 7 heteroatoms. The van der Waals surface area contributed by atoms with Gasteiger partial charge in [-0.2, -0.15) is 5.10 Å². The number of nitrogens with zero attached hydrogens (tertiary/aromatic N) is 2. The summed E-state index contributed by atoms with van der Waals surface area (Å²) in [6.07, 6.45) is 0. The molecule has 0 radical (unpaired) electrons. The molecule has 3 N–H and O–H groups in total. The number of hydrogen-bond acceptors (Lipinski definition) is 3. The molecule has 0 saturated heterocycles. The van der Waals surface area contributed by atoms with Crippen molar-refractivity contribution in [1.29, 1.82) is 0 Å². The first-order valence-electron chi connectivity index (χ1n) is 7.90. The highest BCUT2D eigenvalue weighted by molar-refractivity contribution is 6.31. The Morgan fingerprint density at radius 2 is 1.58 bits per heavy atom. The van der Waals surface area contributed by atoms with Gasteiger partial charge in [-0.05, 0) is 62.4 Å². The first kappa shape index (κ1) is 17.7. The lowest BCUT2D eigenvalue weighted by atomic mass is 10.1. The molecule has 0 unspecified atom stereocenters. The lowest BCUT2D eigenvalue weighted by Gasteiger charge is -2.08. The van der Waals surface area contributed by atoms with Gasteiger partial charge in [0, 0.05) is 16.8 Å². The van der Waals surface area contributed by atoms with Crippen molar-refractivity contribution in [2.45, 2.75) is 13.8 Å². The third-order valence-electron chi connectivity index (χ3n) is 4.00. The van der Waals surface area contributed by atoms with Crippen LogP contribution in [-0.4, -0.2) is 21.6 Å². The molecule has 0 aliphatic heterocycles. The van der Waals surface area contributed by atoms with E-state index in [4.69, 9.17) is 17.3 Å². The summed E-state index contributed by atoms with van der Waals surface area (Å²) in [4.78, 5) is 23.4. The Balaban J connectivity index is 1.76. The molecule has 0 aliphatic carbocycles. The molecule has 1 heterocycles. The van der Waals surface area contributed by atoms with E-state index in [1.54, 1.807) is 53.2 Å². The van der Waals surface area contributed by atoms with Gasteiger partial charge in [-0.3, -0.25) is 9.59 Å². The molecule has 26 heavy (non-hydrogen) atoms. The average Bonchev–Trinajstić information content (AvgIpc) is 2.89. The fraction of sp³-hybridized carbons (Fsp3) is 0.105. The molecule has 0 atom stereocenters. The van der Waals surface area contributed by atoms with Crippen LogP contribution in [0.15, 0.2) is 48.5 Å². The predicted molar refractivity (Wildman–Crippen MR) is 101 cm³/mol. The number of aromatic nitrogens is 2. The molecule has 2 amide bonds. The highest BCUT2D eigenvalue weighted by Crippen LogP contribution is 2.22. The Morgan fingerprint density at radius 3 is 2.08 bits per heavy atom. The summed E-state index contributed by atoms with van der Waals surface area (Å²) in [5, 5.41) is 7.80. The molecular formula is C19H17ClN4O2. The van der Waals surface area contributed by atoms with Crippen LogP contribution in [0, 0.1) is 13.8 Å². The molecule has 3 rings (SSSR count). The standard InChI is InChI=1S/C19H17ClN4O2/c1-11-17(20)12(2)24(23-11)16-9-5-14(6-10-16)19(26)22-15-7-3-13(4-8-15)18(21)25/h3-10H,1-2H3,(H2,21,25)(H,22,26). The highest BCUT2D eigenvalue weighted by Gasteiger charge is 2.12. The van der Waals surface area contributed by atoms with Crippen LogP contribution >= 0.6 is 11.6 Å². The largest absolute Gasteiger partial charge is 0.366 e. The maximum absolute atomic E-state index is 12.4. The third kappa shape index (κ3) is 3.45. The van der Waals surface area contributed by atoms with Gasteiger partial charge in [-0.1, -0.05) is 11.6 Å². The maximum Gasteiger partial charge on any atom is 0.255 e. The Kier molecular flexibility index (Phi) is 4.77. The number of carbonyl (C=O) groups excluding carboxylic acids is 2. The molecule has 0 aliphatic rings. The first-order valence-corrected chi connectivity index (χ1v) is 8.28. The van der Waals surface area contributed by atoms with E-state index >= 15 is 0 Å². The number of rotatable bonds is 4. The minimum absolute atomic E-state index is 0.255. The van der Waals surface area contributed by atoms with E-state index in [9.17, 15) is 9.59 Å². The van der Waals surface area contributed by atoms with Gasteiger partial charge in [-0.25, -0.2) is 4.68 Å². The van der Waals surface area contributed by atoms with E-state index in [1.807, 2.05) is 13.8 Å². The second-order valence-electron chi connectivity index (χ2n) is 5.84. The van der Waals surface area contributed by atoms with Crippen molar-refractivity contribution in [3.63, 3.8) is 0 Å².